The number of likely N-dealkylation sites (tertiary alicyclic amines) is 1. The highest BCUT2D eigenvalue weighted by molar-refractivity contribution is 5.80. The molecule has 1 aliphatic carbocycles. The maximum absolute atomic E-state index is 14.0. The first kappa shape index (κ1) is 19.0. The standard InChI is InChI=1S/C20H31FN4O/c1-3-22-20(24-16-9-11-25(12-10-16)17-6-7-17)23-14-15-5-8-19(26-4-2)18(21)13-15/h5,8,13,16-17H,3-4,6-7,9-12,14H2,1-2H3,(H2,22,23,24). The van der Waals surface area contributed by atoms with E-state index in [1.165, 1.54) is 32.0 Å². The van der Waals surface area contributed by atoms with E-state index >= 15 is 0 Å². The van der Waals surface area contributed by atoms with Gasteiger partial charge in [-0.05, 0) is 57.2 Å². The molecule has 1 aromatic carbocycles. The molecule has 2 N–H and O–H groups in total. The Morgan fingerprint density at radius 3 is 2.62 bits per heavy atom. The van der Waals surface area contributed by atoms with Crippen molar-refractivity contribution in [2.24, 2.45) is 4.99 Å². The van der Waals surface area contributed by atoms with Gasteiger partial charge in [-0.2, -0.15) is 0 Å². The minimum atomic E-state index is -0.329. The molecule has 0 atom stereocenters. The van der Waals surface area contributed by atoms with Gasteiger partial charge in [0, 0.05) is 31.7 Å². The van der Waals surface area contributed by atoms with E-state index in [1.807, 2.05) is 13.0 Å². The lowest BCUT2D eigenvalue weighted by Gasteiger charge is -2.33. The smallest absolute Gasteiger partial charge is 0.191 e. The molecule has 2 fully saturated rings. The third-order valence-corrected chi connectivity index (χ3v) is 4.99. The van der Waals surface area contributed by atoms with Crippen LogP contribution >= 0.6 is 0 Å². The van der Waals surface area contributed by atoms with Gasteiger partial charge in [0.25, 0.3) is 0 Å². The molecule has 0 spiro atoms. The fourth-order valence-corrected chi connectivity index (χ4v) is 3.45. The summed E-state index contributed by atoms with van der Waals surface area (Å²) in [4.78, 5) is 7.25. The Hall–Kier alpha value is -1.82. The van der Waals surface area contributed by atoms with Crippen LogP contribution in [0.4, 0.5) is 4.39 Å². The van der Waals surface area contributed by atoms with Gasteiger partial charge in [-0.3, -0.25) is 0 Å². The van der Waals surface area contributed by atoms with Crippen molar-refractivity contribution in [2.75, 3.05) is 26.2 Å². The van der Waals surface area contributed by atoms with Crippen LogP contribution in [0, 0.1) is 5.82 Å². The van der Waals surface area contributed by atoms with Gasteiger partial charge in [0.2, 0.25) is 0 Å². The second-order valence-corrected chi connectivity index (χ2v) is 7.08. The molecule has 1 saturated carbocycles. The van der Waals surface area contributed by atoms with Crippen molar-refractivity contribution in [3.8, 4) is 5.75 Å². The highest BCUT2D eigenvalue weighted by atomic mass is 19.1. The van der Waals surface area contributed by atoms with E-state index in [0.717, 1.165) is 37.0 Å². The number of benzene rings is 1. The number of piperidine rings is 1. The van der Waals surface area contributed by atoms with Crippen molar-refractivity contribution in [3.63, 3.8) is 0 Å². The summed E-state index contributed by atoms with van der Waals surface area (Å²) in [6.07, 6.45) is 5.05. The molecule has 1 aromatic rings. The highest BCUT2D eigenvalue weighted by Gasteiger charge is 2.31. The number of hydrogen-bond donors (Lipinski definition) is 2. The average Bonchev–Trinajstić information content (AvgIpc) is 3.48. The Morgan fingerprint density at radius 2 is 2.00 bits per heavy atom. The lowest BCUT2D eigenvalue weighted by molar-refractivity contribution is 0.197. The topological polar surface area (TPSA) is 48.9 Å². The Balaban J connectivity index is 1.54. The van der Waals surface area contributed by atoms with Crippen LogP contribution in [-0.2, 0) is 6.54 Å². The molecule has 144 valence electrons. The van der Waals surface area contributed by atoms with Crippen molar-refractivity contribution < 1.29 is 9.13 Å². The zero-order valence-corrected chi connectivity index (χ0v) is 15.9. The second-order valence-electron chi connectivity index (χ2n) is 7.08. The van der Waals surface area contributed by atoms with Gasteiger partial charge >= 0.3 is 0 Å². The Morgan fingerprint density at radius 1 is 1.23 bits per heavy atom. The van der Waals surface area contributed by atoms with Gasteiger partial charge in [0.15, 0.2) is 17.5 Å². The Kier molecular flexibility index (Phi) is 6.72. The zero-order chi connectivity index (χ0) is 18.4. The third-order valence-electron chi connectivity index (χ3n) is 4.99. The first-order valence-electron chi connectivity index (χ1n) is 9.89. The van der Waals surface area contributed by atoms with Gasteiger partial charge in [0.05, 0.1) is 13.2 Å². The van der Waals surface area contributed by atoms with E-state index in [2.05, 4.69) is 27.4 Å². The van der Waals surface area contributed by atoms with Crippen molar-refractivity contribution in [2.45, 2.75) is 58.2 Å². The summed E-state index contributed by atoms with van der Waals surface area (Å²) in [5.41, 5.74) is 0.840. The summed E-state index contributed by atoms with van der Waals surface area (Å²) in [6, 6.07) is 6.37. The molecule has 2 aliphatic rings. The predicted octanol–water partition coefficient (Wildman–Crippen LogP) is 2.91. The molecule has 6 heteroatoms. The van der Waals surface area contributed by atoms with Crippen molar-refractivity contribution in [1.82, 2.24) is 15.5 Å². The van der Waals surface area contributed by atoms with Crippen LogP contribution in [0.3, 0.4) is 0 Å². The minimum absolute atomic E-state index is 0.299. The van der Waals surface area contributed by atoms with Crippen LogP contribution < -0.4 is 15.4 Å². The van der Waals surface area contributed by atoms with E-state index in [-0.39, 0.29) is 5.82 Å². The number of rotatable bonds is 7. The van der Waals surface area contributed by atoms with Gasteiger partial charge < -0.3 is 20.3 Å². The first-order valence-corrected chi connectivity index (χ1v) is 9.89. The maximum atomic E-state index is 14.0. The largest absolute Gasteiger partial charge is 0.491 e. The second kappa shape index (κ2) is 9.21. The van der Waals surface area contributed by atoms with Crippen LogP contribution in [0.2, 0.25) is 0 Å². The molecule has 26 heavy (non-hydrogen) atoms. The van der Waals surface area contributed by atoms with Gasteiger partial charge in [-0.15, -0.1) is 0 Å². The number of nitrogens with zero attached hydrogens (tertiary/aromatic N) is 2. The molecule has 1 heterocycles. The van der Waals surface area contributed by atoms with E-state index in [4.69, 9.17) is 4.74 Å². The molecule has 5 nitrogen and oxygen atoms in total. The fourth-order valence-electron chi connectivity index (χ4n) is 3.45. The summed E-state index contributed by atoms with van der Waals surface area (Å²) < 4.78 is 19.2. The lowest BCUT2D eigenvalue weighted by Crippen LogP contribution is -2.49. The fraction of sp³-hybridized carbons (Fsp3) is 0.650. The monoisotopic (exact) mass is 362 g/mol. The molecule has 0 bridgehead atoms. The van der Waals surface area contributed by atoms with Crippen LogP contribution in [0.25, 0.3) is 0 Å². The van der Waals surface area contributed by atoms with Gasteiger partial charge in [-0.1, -0.05) is 6.07 Å². The number of halogens is 1. The van der Waals surface area contributed by atoms with Crippen LogP contribution in [0.5, 0.6) is 5.75 Å². The molecule has 1 aliphatic heterocycles. The molecule has 0 unspecified atom stereocenters. The summed E-state index contributed by atoms with van der Waals surface area (Å²) in [7, 11) is 0. The van der Waals surface area contributed by atoms with E-state index < -0.39 is 0 Å². The molecular formula is C20H31FN4O. The van der Waals surface area contributed by atoms with Crippen molar-refractivity contribution in [1.29, 1.82) is 0 Å². The molecule has 3 rings (SSSR count). The number of aliphatic imine (C=N–C) groups is 1. The van der Waals surface area contributed by atoms with Gasteiger partial charge in [0.1, 0.15) is 0 Å². The maximum Gasteiger partial charge on any atom is 0.191 e. The van der Waals surface area contributed by atoms with E-state index in [1.54, 1.807) is 6.07 Å². The molecule has 0 radical (unpaired) electrons. The van der Waals surface area contributed by atoms with Gasteiger partial charge in [-0.25, -0.2) is 9.38 Å². The van der Waals surface area contributed by atoms with E-state index in [0.29, 0.717) is 24.9 Å². The first-order chi connectivity index (χ1) is 12.7. The quantitative estimate of drug-likeness (QED) is 0.578. The average molecular weight is 362 g/mol. The minimum Gasteiger partial charge on any atom is -0.491 e. The summed E-state index contributed by atoms with van der Waals surface area (Å²) in [5, 5.41) is 6.85. The predicted molar refractivity (Wildman–Crippen MR) is 103 cm³/mol. The third kappa shape index (κ3) is 5.34. The molecule has 0 amide bonds. The van der Waals surface area contributed by atoms with Crippen LogP contribution in [0.1, 0.15) is 45.1 Å². The van der Waals surface area contributed by atoms with Crippen LogP contribution in [0.15, 0.2) is 23.2 Å². The van der Waals surface area contributed by atoms with E-state index in [9.17, 15) is 4.39 Å². The summed E-state index contributed by atoms with van der Waals surface area (Å²) >= 11 is 0. The zero-order valence-electron chi connectivity index (χ0n) is 15.9. The normalized spacial score (nSPS) is 19.4. The van der Waals surface area contributed by atoms with Crippen molar-refractivity contribution >= 4 is 5.96 Å². The summed E-state index contributed by atoms with van der Waals surface area (Å²) in [5.74, 6) is 0.782. The number of guanidine groups is 1. The van der Waals surface area contributed by atoms with Crippen molar-refractivity contribution in [3.05, 3.63) is 29.6 Å². The molecule has 1 saturated heterocycles. The molecular weight excluding hydrogens is 331 g/mol. The number of nitrogens with one attached hydrogen (secondary N) is 2. The SMILES string of the molecule is CCNC(=NCc1ccc(OCC)c(F)c1)NC1CCN(C2CC2)CC1. The Bertz CT molecular complexity index is 610. The summed E-state index contributed by atoms with van der Waals surface area (Å²) in [6.45, 7) is 7.97. The number of ether oxygens (including phenoxy) is 1. The number of hydrogen-bond acceptors (Lipinski definition) is 3. The highest BCUT2D eigenvalue weighted by Crippen LogP contribution is 2.29. The lowest BCUT2D eigenvalue weighted by atomic mass is 10.1. The molecule has 0 aromatic heterocycles. The Labute approximate surface area is 156 Å². The van der Waals surface area contributed by atoms with Crippen LogP contribution in [-0.4, -0.2) is 49.2 Å².